The molecule has 1 heterocycles. The fourth-order valence-corrected chi connectivity index (χ4v) is 1.97. The van der Waals surface area contributed by atoms with Gasteiger partial charge in [-0.3, -0.25) is 4.79 Å². The zero-order valence-corrected chi connectivity index (χ0v) is 10.9. The zero-order valence-electron chi connectivity index (χ0n) is 10.1. The summed E-state index contributed by atoms with van der Waals surface area (Å²) < 4.78 is 0. The number of halogens is 1. The Balaban J connectivity index is 0.00000144. The number of carbonyl (C=O) groups is 1. The van der Waals surface area contributed by atoms with Gasteiger partial charge in [-0.1, -0.05) is 25.1 Å². The summed E-state index contributed by atoms with van der Waals surface area (Å²) in [6.07, 6.45) is 1.52. The van der Waals surface area contributed by atoms with E-state index < -0.39 is 0 Å². The van der Waals surface area contributed by atoms with Crippen LogP contribution >= 0.6 is 12.4 Å². The molecular formula is C13H19ClN2O. The molecule has 0 atom stereocenters. The second-order valence-corrected chi connectivity index (χ2v) is 4.23. The number of carbonyl (C=O) groups excluding carboxylic acids is 1. The van der Waals surface area contributed by atoms with Crippen LogP contribution in [0.4, 0.5) is 0 Å². The summed E-state index contributed by atoms with van der Waals surface area (Å²) in [5.41, 5.74) is 3.93. The molecule has 4 heteroatoms. The SMILES string of the molecule is CCCC(=O)NCc1ccc2c(c1)CNC2.Cl. The van der Waals surface area contributed by atoms with Crippen LogP contribution in [0, 0.1) is 0 Å². The quantitative estimate of drug-likeness (QED) is 0.864. The van der Waals surface area contributed by atoms with Gasteiger partial charge >= 0.3 is 0 Å². The fraction of sp³-hybridized carbons (Fsp3) is 0.462. The molecular weight excluding hydrogens is 236 g/mol. The summed E-state index contributed by atoms with van der Waals surface area (Å²) in [5, 5.41) is 6.24. The molecule has 0 radical (unpaired) electrons. The lowest BCUT2D eigenvalue weighted by Gasteiger charge is -2.06. The van der Waals surface area contributed by atoms with E-state index in [1.165, 1.54) is 16.7 Å². The second-order valence-electron chi connectivity index (χ2n) is 4.23. The van der Waals surface area contributed by atoms with Gasteiger partial charge in [-0.2, -0.15) is 0 Å². The maximum absolute atomic E-state index is 11.3. The van der Waals surface area contributed by atoms with Gasteiger partial charge in [0.15, 0.2) is 0 Å². The third-order valence-corrected chi connectivity index (χ3v) is 2.87. The summed E-state index contributed by atoms with van der Waals surface area (Å²) >= 11 is 0. The van der Waals surface area contributed by atoms with Crippen LogP contribution in [0.3, 0.4) is 0 Å². The molecule has 3 nitrogen and oxygen atoms in total. The smallest absolute Gasteiger partial charge is 0.220 e. The average Bonchev–Trinajstić information content (AvgIpc) is 2.74. The Kier molecular flexibility index (Phi) is 5.45. The van der Waals surface area contributed by atoms with Gasteiger partial charge in [0, 0.05) is 26.1 Å². The second kappa shape index (κ2) is 6.62. The normalized spacial score (nSPS) is 12.8. The highest BCUT2D eigenvalue weighted by atomic mass is 35.5. The van der Waals surface area contributed by atoms with Crippen molar-refractivity contribution in [2.24, 2.45) is 0 Å². The highest BCUT2D eigenvalue weighted by molar-refractivity contribution is 5.85. The van der Waals surface area contributed by atoms with Crippen molar-refractivity contribution in [2.75, 3.05) is 0 Å². The van der Waals surface area contributed by atoms with E-state index in [1.807, 2.05) is 6.92 Å². The molecule has 0 saturated carbocycles. The Bertz CT molecular complexity index is 393. The molecule has 0 bridgehead atoms. The van der Waals surface area contributed by atoms with Crippen LogP contribution in [-0.2, 0) is 24.4 Å². The summed E-state index contributed by atoms with van der Waals surface area (Å²) in [4.78, 5) is 11.3. The van der Waals surface area contributed by atoms with Gasteiger partial charge in [0.25, 0.3) is 0 Å². The maximum Gasteiger partial charge on any atom is 0.220 e. The first kappa shape index (κ1) is 14.0. The standard InChI is InChI=1S/C13H18N2O.ClH/c1-2-3-13(16)15-7-10-4-5-11-8-14-9-12(11)6-10;/h4-6,14H,2-3,7-9H2,1H3,(H,15,16);1H. The van der Waals surface area contributed by atoms with Crippen molar-refractivity contribution in [3.8, 4) is 0 Å². The van der Waals surface area contributed by atoms with E-state index in [4.69, 9.17) is 0 Å². The summed E-state index contributed by atoms with van der Waals surface area (Å²) in [6, 6.07) is 6.43. The number of hydrogen-bond donors (Lipinski definition) is 2. The van der Waals surface area contributed by atoms with E-state index in [1.54, 1.807) is 0 Å². The largest absolute Gasteiger partial charge is 0.352 e. The lowest BCUT2D eigenvalue weighted by molar-refractivity contribution is -0.121. The first-order valence-electron chi connectivity index (χ1n) is 5.87. The van der Waals surface area contributed by atoms with Gasteiger partial charge in [0.1, 0.15) is 0 Å². The molecule has 0 saturated heterocycles. The van der Waals surface area contributed by atoms with E-state index in [0.717, 1.165) is 19.5 Å². The van der Waals surface area contributed by atoms with Crippen molar-refractivity contribution in [3.63, 3.8) is 0 Å². The number of fused-ring (bicyclic) bond motifs is 1. The van der Waals surface area contributed by atoms with Crippen LogP contribution in [0.5, 0.6) is 0 Å². The van der Waals surface area contributed by atoms with Crippen LogP contribution in [0.15, 0.2) is 18.2 Å². The Morgan fingerprint density at radius 1 is 1.35 bits per heavy atom. The van der Waals surface area contributed by atoms with Crippen molar-refractivity contribution >= 4 is 18.3 Å². The predicted octanol–water partition coefficient (Wildman–Crippen LogP) is 2.13. The number of hydrogen-bond acceptors (Lipinski definition) is 2. The van der Waals surface area contributed by atoms with Crippen molar-refractivity contribution in [1.29, 1.82) is 0 Å². The van der Waals surface area contributed by atoms with Gasteiger partial charge < -0.3 is 10.6 Å². The van der Waals surface area contributed by atoms with E-state index in [0.29, 0.717) is 13.0 Å². The van der Waals surface area contributed by atoms with Gasteiger partial charge in [0.2, 0.25) is 5.91 Å². The first-order valence-corrected chi connectivity index (χ1v) is 5.87. The molecule has 1 aliphatic heterocycles. The molecule has 17 heavy (non-hydrogen) atoms. The van der Waals surface area contributed by atoms with Crippen LogP contribution in [0.2, 0.25) is 0 Å². The Hall–Kier alpha value is -1.06. The lowest BCUT2D eigenvalue weighted by Crippen LogP contribution is -2.22. The number of rotatable bonds is 4. The van der Waals surface area contributed by atoms with E-state index in [9.17, 15) is 4.79 Å². The molecule has 2 rings (SSSR count). The molecule has 0 unspecified atom stereocenters. The molecule has 2 N–H and O–H groups in total. The van der Waals surface area contributed by atoms with Crippen molar-refractivity contribution in [1.82, 2.24) is 10.6 Å². The van der Waals surface area contributed by atoms with Crippen LogP contribution in [-0.4, -0.2) is 5.91 Å². The average molecular weight is 255 g/mol. The summed E-state index contributed by atoms with van der Waals surface area (Å²) in [5.74, 6) is 0.140. The molecule has 0 spiro atoms. The van der Waals surface area contributed by atoms with E-state index in [-0.39, 0.29) is 18.3 Å². The van der Waals surface area contributed by atoms with E-state index in [2.05, 4.69) is 28.8 Å². The van der Waals surface area contributed by atoms with Crippen LogP contribution in [0.25, 0.3) is 0 Å². The molecule has 1 aliphatic rings. The van der Waals surface area contributed by atoms with Crippen molar-refractivity contribution < 1.29 is 4.79 Å². The number of benzene rings is 1. The zero-order chi connectivity index (χ0) is 11.4. The molecule has 94 valence electrons. The third-order valence-electron chi connectivity index (χ3n) is 2.87. The number of nitrogens with one attached hydrogen (secondary N) is 2. The predicted molar refractivity (Wildman–Crippen MR) is 71.0 cm³/mol. The summed E-state index contributed by atoms with van der Waals surface area (Å²) in [6.45, 7) is 4.58. The Morgan fingerprint density at radius 2 is 2.12 bits per heavy atom. The summed E-state index contributed by atoms with van der Waals surface area (Å²) in [7, 11) is 0. The molecule has 0 aliphatic carbocycles. The highest BCUT2D eigenvalue weighted by Gasteiger charge is 2.10. The van der Waals surface area contributed by atoms with Gasteiger partial charge in [0.05, 0.1) is 0 Å². The lowest BCUT2D eigenvalue weighted by atomic mass is 10.1. The highest BCUT2D eigenvalue weighted by Crippen LogP contribution is 2.16. The molecule has 1 aromatic carbocycles. The van der Waals surface area contributed by atoms with E-state index >= 15 is 0 Å². The molecule has 0 fully saturated rings. The Morgan fingerprint density at radius 3 is 2.88 bits per heavy atom. The van der Waals surface area contributed by atoms with Gasteiger partial charge in [-0.05, 0) is 23.1 Å². The van der Waals surface area contributed by atoms with Gasteiger partial charge in [-0.15, -0.1) is 12.4 Å². The maximum atomic E-state index is 11.3. The number of amides is 1. The minimum absolute atomic E-state index is 0. The topological polar surface area (TPSA) is 41.1 Å². The van der Waals surface area contributed by atoms with Crippen LogP contribution < -0.4 is 10.6 Å². The van der Waals surface area contributed by atoms with Gasteiger partial charge in [-0.25, -0.2) is 0 Å². The molecule has 1 aromatic rings. The molecule has 0 aromatic heterocycles. The third kappa shape index (κ3) is 3.72. The Labute approximate surface area is 108 Å². The fourth-order valence-electron chi connectivity index (χ4n) is 1.97. The minimum atomic E-state index is 0. The molecule has 1 amide bonds. The van der Waals surface area contributed by atoms with Crippen molar-refractivity contribution in [2.45, 2.75) is 39.4 Å². The minimum Gasteiger partial charge on any atom is -0.352 e. The first-order chi connectivity index (χ1) is 7.79. The van der Waals surface area contributed by atoms with Crippen LogP contribution in [0.1, 0.15) is 36.5 Å². The monoisotopic (exact) mass is 254 g/mol. The van der Waals surface area contributed by atoms with Crippen molar-refractivity contribution in [3.05, 3.63) is 34.9 Å².